The summed E-state index contributed by atoms with van der Waals surface area (Å²) in [4.78, 5) is 0. The summed E-state index contributed by atoms with van der Waals surface area (Å²) in [6.07, 6.45) is 0.924. The Morgan fingerprint density at radius 1 is 1.70 bits per heavy atom. The highest BCUT2D eigenvalue weighted by atomic mass is 16.5. The van der Waals surface area contributed by atoms with Crippen molar-refractivity contribution in [3.8, 4) is 0 Å². The molecular formula is C7H15NO2. The lowest BCUT2D eigenvalue weighted by Crippen LogP contribution is -2.45. The summed E-state index contributed by atoms with van der Waals surface area (Å²) >= 11 is 0. The van der Waals surface area contributed by atoms with Crippen LogP contribution < -0.4 is 5.73 Å². The number of rotatable bonds is 3. The summed E-state index contributed by atoms with van der Waals surface area (Å²) in [7, 11) is 0. The van der Waals surface area contributed by atoms with Gasteiger partial charge in [0.05, 0.1) is 18.8 Å². The van der Waals surface area contributed by atoms with Crippen molar-refractivity contribution in [3.05, 3.63) is 0 Å². The molecule has 1 saturated heterocycles. The van der Waals surface area contributed by atoms with E-state index in [0.717, 1.165) is 19.6 Å². The minimum absolute atomic E-state index is 0.198. The van der Waals surface area contributed by atoms with E-state index in [0.29, 0.717) is 13.2 Å². The molecule has 1 rings (SSSR count). The Balaban J connectivity index is 2.22. The average Bonchev–Trinajstić information content (AvgIpc) is 2.33. The highest BCUT2D eigenvalue weighted by Gasteiger charge is 2.30. The third kappa shape index (κ3) is 1.94. The SMILES string of the molecule is CCOCC1(N)CCOC1. The van der Waals surface area contributed by atoms with Crippen LogP contribution in [0.1, 0.15) is 13.3 Å². The summed E-state index contributed by atoms with van der Waals surface area (Å²) in [6, 6.07) is 0. The smallest absolute Gasteiger partial charge is 0.0669 e. The molecule has 1 aliphatic heterocycles. The van der Waals surface area contributed by atoms with Gasteiger partial charge in [0.25, 0.3) is 0 Å². The molecule has 1 fully saturated rings. The molecule has 1 heterocycles. The lowest BCUT2D eigenvalue weighted by molar-refractivity contribution is 0.0829. The second-order valence-corrected chi connectivity index (χ2v) is 2.80. The van der Waals surface area contributed by atoms with Crippen LogP contribution in [0.2, 0.25) is 0 Å². The summed E-state index contributed by atoms with van der Waals surface area (Å²) in [6.45, 7) is 4.76. The van der Waals surface area contributed by atoms with Gasteiger partial charge in [0.15, 0.2) is 0 Å². The Bertz CT molecular complexity index is 99.8. The van der Waals surface area contributed by atoms with Gasteiger partial charge in [-0.15, -0.1) is 0 Å². The second-order valence-electron chi connectivity index (χ2n) is 2.80. The third-order valence-corrected chi connectivity index (χ3v) is 1.73. The summed E-state index contributed by atoms with van der Waals surface area (Å²) in [5.74, 6) is 0. The maximum absolute atomic E-state index is 5.90. The molecule has 0 aromatic rings. The lowest BCUT2D eigenvalue weighted by Gasteiger charge is -2.20. The van der Waals surface area contributed by atoms with Crippen LogP contribution >= 0.6 is 0 Å². The van der Waals surface area contributed by atoms with Gasteiger partial charge in [-0.1, -0.05) is 0 Å². The number of ether oxygens (including phenoxy) is 2. The molecule has 3 nitrogen and oxygen atoms in total. The van der Waals surface area contributed by atoms with Gasteiger partial charge < -0.3 is 15.2 Å². The van der Waals surface area contributed by atoms with E-state index in [4.69, 9.17) is 15.2 Å². The standard InChI is InChI=1S/C7H15NO2/c1-2-9-5-7(8)3-4-10-6-7/h2-6,8H2,1H3. The molecule has 0 radical (unpaired) electrons. The van der Waals surface area contributed by atoms with Crippen molar-refractivity contribution in [1.82, 2.24) is 0 Å². The Morgan fingerprint density at radius 3 is 3.00 bits per heavy atom. The van der Waals surface area contributed by atoms with Gasteiger partial charge in [0.1, 0.15) is 0 Å². The Kier molecular flexibility index (Phi) is 2.65. The Labute approximate surface area is 61.5 Å². The van der Waals surface area contributed by atoms with Gasteiger partial charge in [-0.25, -0.2) is 0 Å². The minimum Gasteiger partial charge on any atom is -0.380 e. The first-order chi connectivity index (χ1) is 4.77. The van der Waals surface area contributed by atoms with Crippen LogP contribution in [0.3, 0.4) is 0 Å². The van der Waals surface area contributed by atoms with Crippen molar-refractivity contribution in [3.63, 3.8) is 0 Å². The van der Waals surface area contributed by atoms with Crippen molar-refractivity contribution < 1.29 is 9.47 Å². The molecule has 0 spiro atoms. The average molecular weight is 145 g/mol. The molecule has 0 aromatic heterocycles. The van der Waals surface area contributed by atoms with E-state index >= 15 is 0 Å². The molecular weight excluding hydrogens is 130 g/mol. The topological polar surface area (TPSA) is 44.5 Å². The van der Waals surface area contributed by atoms with Gasteiger partial charge in [-0.05, 0) is 13.3 Å². The van der Waals surface area contributed by atoms with Crippen molar-refractivity contribution in [2.24, 2.45) is 5.73 Å². The van der Waals surface area contributed by atoms with E-state index < -0.39 is 0 Å². The van der Waals surface area contributed by atoms with Gasteiger partial charge in [-0.3, -0.25) is 0 Å². The zero-order valence-electron chi connectivity index (χ0n) is 6.43. The van der Waals surface area contributed by atoms with Crippen molar-refractivity contribution in [2.45, 2.75) is 18.9 Å². The van der Waals surface area contributed by atoms with Crippen LogP contribution in [0, 0.1) is 0 Å². The molecule has 10 heavy (non-hydrogen) atoms. The first kappa shape index (κ1) is 7.98. The van der Waals surface area contributed by atoms with Crippen LogP contribution in [0.25, 0.3) is 0 Å². The zero-order valence-corrected chi connectivity index (χ0v) is 6.43. The molecule has 1 unspecified atom stereocenters. The molecule has 1 aliphatic rings. The van der Waals surface area contributed by atoms with E-state index in [1.54, 1.807) is 0 Å². The second kappa shape index (κ2) is 3.32. The lowest BCUT2D eigenvalue weighted by atomic mass is 10.0. The predicted molar refractivity (Wildman–Crippen MR) is 38.8 cm³/mol. The van der Waals surface area contributed by atoms with Crippen LogP contribution in [0.5, 0.6) is 0 Å². The monoisotopic (exact) mass is 145 g/mol. The van der Waals surface area contributed by atoms with E-state index in [-0.39, 0.29) is 5.54 Å². The molecule has 0 aliphatic carbocycles. The van der Waals surface area contributed by atoms with Gasteiger partial charge in [-0.2, -0.15) is 0 Å². The fourth-order valence-electron chi connectivity index (χ4n) is 1.04. The largest absolute Gasteiger partial charge is 0.380 e. The number of nitrogens with two attached hydrogens (primary N) is 1. The van der Waals surface area contributed by atoms with E-state index in [2.05, 4.69) is 0 Å². The van der Waals surface area contributed by atoms with Gasteiger partial charge in [0.2, 0.25) is 0 Å². The Morgan fingerprint density at radius 2 is 2.50 bits per heavy atom. The number of hydrogen-bond donors (Lipinski definition) is 1. The molecule has 2 N–H and O–H groups in total. The molecule has 60 valence electrons. The van der Waals surface area contributed by atoms with Crippen molar-refractivity contribution in [1.29, 1.82) is 0 Å². The first-order valence-electron chi connectivity index (χ1n) is 3.71. The number of hydrogen-bond acceptors (Lipinski definition) is 3. The fourth-order valence-corrected chi connectivity index (χ4v) is 1.04. The first-order valence-corrected chi connectivity index (χ1v) is 3.71. The molecule has 0 aromatic carbocycles. The van der Waals surface area contributed by atoms with Crippen LogP contribution in [-0.4, -0.2) is 32.0 Å². The predicted octanol–water partition coefficient (Wildman–Crippen LogP) is 0.141. The van der Waals surface area contributed by atoms with Crippen molar-refractivity contribution >= 4 is 0 Å². The molecule has 0 bridgehead atoms. The molecule has 0 amide bonds. The van der Waals surface area contributed by atoms with Crippen LogP contribution in [0.15, 0.2) is 0 Å². The van der Waals surface area contributed by atoms with E-state index in [1.807, 2.05) is 6.92 Å². The minimum atomic E-state index is -0.198. The summed E-state index contributed by atoms with van der Waals surface area (Å²) in [5.41, 5.74) is 5.70. The van der Waals surface area contributed by atoms with Crippen LogP contribution in [-0.2, 0) is 9.47 Å². The van der Waals surface area contributed by atoms with E-state index in [9.17, 15) is 0 Å². The van der Waals surface area contributed by atoms with Crippen LogP contribution in [0.4, 0.5) is 0 Å². The van der Waals surface area contributed by atoms with Crippen molar-refractivity contribution in [2.75, 3.05) is 26.4 Å². The molecule has 1 atom stereocenters. The highest BCUT2D eigenvalue weighted by Crippen LogP contribution is 2.15. The third-order valence-electron chi connectivity index (χ3n) is 1.73. The zero-order chi connectivity index (χ0) is 7.45. The van der Waals surface area contributed by atoms with Gasteiger partial charge in [0, 0.05) is 13.2 Å². The fraction of sp³-hybridized carbons (Fsp3) is 1.00. The highest BCUT2D eigenvalue weighted by molar-refractivity contribution is 4.87. The summed E-state index contributed by atoms with van der Waals surface area (Å²) < 4.78 is 10.4. The van der Waals surface area contributed by atoms with E-state index in [1.165, 1.54) is 0 Å². The molecule has 0 saturated carbocycles. The summed E-state index contributed by atoms with van der Waals surface area (Å²) in [5, 5.41) is 0. The maximum atomic E-state index is 5.90. The molecule has 3 heteroatoms. The normalized spacial score (nSPS) is 33.0. The van der Waals surface area contributed by atoms with Gasteiger partial charge >= 0.3 is 0 Å². The Hall–Kier alpha value is -0.120. The quantitative estimate of drug-likeness (QED) is 0.614. The maximum Gasteiger partial charge on any atom is 0.0669 e.